The summed E-state index contributed by atoms with van der Waals surface area (Å²) in [5, 5.41) is 2.45. The van der Waals surface area contributed by atoms with E-state index < -0.39 is 17.3 Å². The van der Waals surface area contributed by atoms with E-state index in [0.29, 0.717) is 13.1 Å². The largest absolute Gasteiger partial charge is 0.310 e. The molecule has 2 aromatic carbocycles. The number of hydrogen-bond donors (Lipinski definition) is 1. The third kappa shape index (κ3) is 6.21. The molecule has 2 aromatic rings. The first-order valence-electron chi connectivity index (χ1n) is 8.13. The number of hydrogen-bond acceptors (Lipinski definition) is 2. The highest BCUT2D eigenvalue weighted by molar-refractivity contribution is 7.57. The van der Waals surface area contributed by atoms with E-state index in [9.17, 15) is 9.36 Å². The maximum atomic E-state index is 13.8. The fourth-order valence-corrected chi connectivity index (χ4v) is 4.86. The minimum absolute atomic E-state index is 0.345. The molecule has 0 bridgehead atoms. The van der Waals surface area contributed by atoms with Crippen LogP contribution in [-0.4, -0.2) is 33.1 Å². The Morgan fingerprint density at radius 3 is 1.59 bits per heavy atom. The highest BCUT2D eigenvalue weighted by atomic mass is 35.6. The lowest BCUT2D eigenvalue weighted by Crippen LogP contribution is -2.41. The van der Waals surface area contributed by atoms with Crippen LogP contribution in [0, 0.1) is 0 Å². The number of rotatable bonds is 7. The van der Waals surface area contributed by atoms with Gasteiger partial charge in [0.2, 0.25) is 0 Å². The van der Waals surface area contributed by atoms with Crippen molar-refractivity contribution in [2.75, 3.05) is 14.1 Å². The van der Waals surface area contributed by atoms with Crippen LogP contribution in [0.1, 0.15) is 11.1 Å². The molecule has 0 aliphatic heterocycles. The zero-order chi connectivity index (χ0) is 20.1. The van der Waals surface area contributed by atoms with Gasteiger partial charge in [-0.3, -0.25) is 14.4 Å². The summed E-state index contributed by atoms with van der Waals surface area (Å²) < 4.78 is 14.7. The first kappa shape index (κ1) is 22.2. The normalized spacial score (nSPS) is 12.4. The molecule has 0 spiro atoms. The Morgan fingerprint density at radius 1 is 0.889 bits per heavy atom. The van der Waals surface area contributed by atoms with Gasteiger partial charge in [0.05, 0.1) is 0 Å². The molecule has 0 fully saturated rings. The van der Waals surface area contributed by atoms with Crippen LogP contribution < -0.4 is 5.09 Å². The quantitative estimate of drug-likeness (QED) is 0.486. The van der Waals surface area contributed by atoms with E-state index in [1.54, 1.807) is 23.4 Å². The molecule has 5 nitrogen and oxygen atoms in total. The second-order valence-corrected chi connectivity index (χ2v) is 11.0. The summed E-state index contributed by atoms with van der Waals surface area (Å²) in [7, 11) is -0.250. The molecule has 9 heteroatoms. The number of carbonyl (C=O) groups excluding carboxylic acids is 1. The summed E-state index contributed by atoms with van der Waals surface area (Å²) in [4.78, 5) is 12.3. The Bertz CT molecular complexity index is 749. The van der Waals surface area contributed by atoms with Crippen molar-refractivity contribution < 1.29 is 9.36 Å². The molecule has 2 rings (SSSR count). The standard InChI is InChI=1S/C18H21Cl3N3O2P/c1-23(13-15-9-5-3-6-10-15)27(26,22-17(25)18(19,20)21)24(2)14-16-11-7-4-8-12-16/h3-12H,13-14H2,1-2H3,(H,22,25,26). The lowest BCUT2D eigenvalue weighted by Gasteiger charge is -2.36. The van der Waals surface area contributed by atoms with Gasteiger partial charge in [-0.25, -0.2) is 9.34 Å². The average molecular weight is 449 g/mol. The lowest BCUT2D eigenvalue weighted by molar-refractivity contribution is -0.118. The Labute approximate surface area is 174 Å². The number of amides is 1. The van der Waals surface area contributed by atoms with Gasteiger partial charge in [0.1, 0.15) is 0 Å². The van der Waals surface area contributed by atoms with Crippen molar-refractivity contribution in [1.29, 1.82) is 0 Å². The topological polar surface area (TPSA) is 52.7 Å². The number of alkyl halides is 3. The minimum atomic E-state index is -3.57. The van der Waals surface area contributed by atoms with Gasteiger partial charge in [-0.2, -0.15) is 0 Å². The van der Waals surface area contributed by atoms with E-state index in [4.69, 9.17) is 34.8 Å². The third-order valence-corrected chi connectivity index (χ3v) is 7.08. The van der Waals surface area contributed by atoms with Crippen LogP contribution in [-0.2, 0) is 22.4 Å². The van der Waals surface area contributed by atoms with Crippen LogP contribution in [0.2, 0.25) is 0 Å². The van der Waals surface area contributed by atoms with E-state index in [1.807, 2.05) is 60.7 Å². The fraction of sp³-hybridized carbons (Fsp3) is 0.278. The van der Waals surface area contributed by atoms with Gasteiger partial charge in [0.15, 0.2) is 0 Å². The van der Waals surface area contributed by atoms with Crippen molar-refractivity contribution in [3.8, 4) is 0 Å². The van der Waals surface area contributed by atoms with Gasteiger partial charge in [0, 0.05) is 13.1 Å². The molecule has 0 aliphatic carbocycles. The van der Waals surface area contributed by atoms with Crippen LogP contribution in [0.15, 0.2) is 60.7 Å². The second-order valence-electron chi connectivity index (χ2n) is 6.09. The van der Waals surface area contributed by atoms with Gasteiger partial charge in [0.25, 0.3) is 9.70 Å². The maximum absolute atomic E-state index is 13.8. The molecule has 0 saturated carbocycles. The lowest BCUT2D eigenvalue weighted by atomic mass is 10.2. The first-order valence-corrected chi connectivity index (χ1v) is 10.9. The van der Waals surface area contributed by atoms with Crippen LogP contribution in [0.25, 0.3) is 0 Å². The van der Waals surface area contributed by atoms with Crippen molar-refractivity contribution in [3.05, 3.63) is 71.8 Å². The predicted molar refractivity (Wildman–Crippen MR) is 112 cm³/mol. The van der Waals surface area contributed by atoms with Gasteiger partial charge in [-0.05, 0) is 25.2 Å². The van der Waals surface area contributed by atoms with Gasteiger partial charge >= 0.3 is 7.59 Å². The molecule has 0 atom stereocenters. The Morgan fingerprint density at radius 2 is 1.26 bits per heavy atom. The summed E-state index contributed by atoms with van der Waals surface area (Å²) in [5.41, 5.74) is 1.88. The minimum Gasteiger partial charge on any atom is -0.279 e. The molecule has 0 radical (unpaired) electrons. The van der Waals surface area contributed by atoms with Gasteiger partial charge in [-0.15, -0.1) is 0 Å². The van der Waals surface area contributed by atoms with E-state index in [0.717, 1.165) is 11.1 Å². The monoisotopic (exact) mass is 447 g/mol. The molecule has 0 unspecified atom stereocenters. The molecule has 0 heterocycles. The van der Waals surface area contributed by atoms with Gasteiger partial charge < -0.3 is 0 Å². The molecule has 0 aliphatic rings. The molecule has 1 amide bonds. The zero-order valence-electron chi connectivity index (χ0n) is 15.0. The highest BCUT2D eigenvalue weighted by Crippen LogP contribution is 2.50. The van der Waals surface area contributed by atoms with E-state index in [1.165, 1.54) is 0 Å². The molecular weight excluding hydrogens is 428 g/mol. The maximum Gasteiger partial charge on any atom is 0.310 e. The Balaban J connectivity index is 2.29. The molecule has 0 saturated heterocycles. The van der Waals surface area contributed by atoms with Crippen molar-refractivity contribution in [2.24, 2.45) is 0 Å². The van der Waals surface area contributed by atoms with Crippen molar-refractivity contribution in [3.63, 3.8) is 0 Å². The summed E-state index contributed by atoms with van der Waals surface area (Å²) >= 11 is 17.0. The fourth-order valence-electron chi connectivity index (χ4n) is 2.51. The van der Waals surface area contributed by atoms with Gasteiger partial charge in [-0.1, -0.05) is 95.5 Å². The number of halogens is 3. The number of carbonyl (C=O) groups is 1. The van der Waals surface area contributed by atoms with Crippen molar-refractivity contribution in [1.82, 2.24) is 14.4 Å². The van der Waals surface area contributed by atoms with Crippen LogP contribution in [0.5, 0.6) is 0 Å². The SMILES string of the molecule is CN(Cc1ccccc1)P(=O)(NC(=O)C(Cl)(Cl)Cl)N(C)Cc1ccccc1. The van der Waals surface area contributed by atoms with Crippen molar-refractivity contribution in [2.45, 2.75) is 16.9 Å². The number of nitrogens with one attached hydrogen (secondary N) is 1. The summed E-state index contributed by atoms with van der Waals surface area (Å²) in [6.07, 6.45) is 0. The Kier molecular flexibility index (Phi) is 7.75. The molecule has 146 valence electrons. The van der Waals surface area contributed by atoms with E-state index in [-0.39, 0.29) is 0 Å². The third-order valence-electron chi connectivity index (χ3n) is 3.94. The van der Waals surface area contributed by atoms with Crippen LogP contribution >= 0.6 is 42.4 Å². The van der Waals surface area contributed by atoms with Crippen LogP contribution in [0.4, 0.5) is 0 Å². The number of benzene rings is 2. The molecule has 27 heavy (non-hydrogen) atoms. The van der Waals surface area contributed by atoms with Crippen molar-refractivity contribution >= 4 is 48.3 Å². The Hall–Kier alpha value is -1.07. The highest BCUT2D eigenvalue weighted by Gasteiger charge is 2.41. The predicted octanol–water partition coefficient (Wildman–Crippen LogP) is 4.84. The van der Waals surface area contributed by atoms with E-state index >= 15 is 0 Å². The molecular formula is C18H21Cl3N3O2P. The summed E-state index contributed by atoms with van der Waals surface area (Å²) in [6.45, 7) is 0.689. The molecule has 0 aromatic heterocycles. The summed E-state index contributed by atoms with van der Waals surface area (Å²) in [6, 6.07) is 19.0. The zero-order valence-corrected chi connectivity index (χ0v) is 18.1. The number of nitrogens with zero attached hydrogens (tertiary/aromatic N) is 2. The smallest absolute Gasteiger partial charge is 0.279 e. The second kappa shape index (κ2) is 9.42. The first-order chi connectivity index (χ1) is 12.6. The molecule has 1 N–H and O–H groups in total. The summed E-state index contributed by atoms with van der Waals surface area (Å²) in [5.74, 6) is -0.935. The average Bonchev–Trinajstić information content (AvgIpc) is 2.62. The van der Waals surface area contributed by atoms with Crippen LogP contribution in [0.3, 0.4) is 0 Å². The van der Waals surface area contributed by atoms with E-state index in [2.05, 4.69) is 5.09 Å².